The highest BCUT2D eigenvalue weighted by Crippen LogP contribution is 2.22. The van der Waals surface area contributed by atoms with Gasteiger partial charge in [-0.3, -0.25) is 9.59 Å². The summed E-state index contributed by atoms with van der Waals surface area (Å²) in [6.07, 6.45) is 0. The molecule has 1 amide bonds. The standard InChI is InChI=1S/C21H19ClFN3O2S/c1-13-3-8-17(11-18(13)22)26-20(27)10-9-19(25-26)29-14(2)21(28)24-12-15-4-6-16(23)7-5-15/h3-11,14H,12H2,1-2H3,(H,24,28). The molecule has 0 aliphatic heterocycles. The number of halogens is 2. The molecule has 0 aliphatic carbocycles. The normalized spacial score (nSPS) is 11.9. The zero-order chi connectivity index (χ0) is 21.0. The third kappa shape index (κ3) is 5.46. The molecule has 0 bridgehead atoms. The molecule has 1 N–H and O–H groups in total. The highest BCUT2D eigenvalue weighted by molar-refractivity contribution is 8.00. The second kappa shape index (κ2) is 9.24. The van der Waals surface area contributed by atoms with Crippen LogP contribution >= 0.6 is 23.4 Å². The Labute approximate surface area is 176 Å². The summed E-state index contributed by atoms with van der Waals surface area (Å²) in [5, 5.41) is 7.81. The van der Waals surface area contributed by atoms with Crippen LogP contribution in [0.2, 0.25) is 5.02 Å². The van der Waals surface area contributed by atoms with Crippen molar-refractivity contribution in [2.45, 2.75) is 30.7 Å². The van der Waals surface area contributed by atoms with E-state index >= 15 is 0 Å². The SMILES string of the molecule is Cc1ccc(-n2nc(SC(C)C(=O)NCc3ccc(F)cc3)ccc2=O)cc1Cl. The molecule has 1 unspecified atom stereocenters. The number of thioether (sulfide) groups is 1. The fraction of sp³-hybridized carbons (Fsp3) is 0.190. The number of rotatable bonds is 6. The van der Waals surface area contributed by atoms with Crippen molar-refractivity contribution >= 4 is 29.3 Å². The molecule has 0 saturated heterocycles. The first-order chi connectivity index (χ1) is 13.8. The monoisotopic (exact) mass is 431 g/mol. The lowest BCUT2D eigenvalue weighted by atomic mass is 10.2. The third-order valence-corrected chi connectivity index (χ3v) is 5.66. The zero-order valence-corrected chi connectivity index (χ0v) is 17.4. The van der Waals surface area contributed by atoms with E-state index in [1.807, 2.05) is 13.0 Å². The van der Waals surface area contributed by atoms with E-state index < -0.39 is 5.25 Å². The van der Waals surface area contributed by atoms with Crippen LogP contribution in [0.15, 0.2) is 64.4 Å². The number of amides is 1. The Balaban J connectivity index is 1.69. The number of benzene rings is 2. The maximum Gasteiger partial charge on any atom is 0.271 e. The van der Waals surface area contributed by atoms with Crippen molar-refractivity contribution in [3.63, 3.8) is 0 Å². The first-order valence-electron chi connectivity index (χ1n) is 8.89. The molecule has 0 spiro atoms. The number of carbonyl (C=O) groups is 1. The predicted octanol–water partition coefficient (Wildman–Crippen LogP) is 4.13. The number of nitrogens with zero attached hydrogens (tertiary/aromatic N) is 2. The second-order valence-corrected chi connectivity index (χ2v) is 8.23. The van der Waals surface area contributed by atoms with Crippen molar-refractivity contribution in [3.05, 3.63) is 86.9 Å². The van der Waals surface area contributed by atoms with E-state index in [4.69, 9.17) is 11.6 Å². The van der Waals surface area contributed by atoms with Crippen LogP contribution < -0.4 is 10.9 Å². The molecule has 1 aromatic heterocycles. The van der Waals surface area contributed by atoms with Crippen LogP contribution in [0.4, 0.5) is 4.39 Å². The van der Waals surface area contributed by atoms with Gasteiger partial charge in [0.05, 0.1) is 10.9 Å². The Hall–Kier alpha value is -2.64. The van der Waals surface area contributed by atoms with Crippen LogP contribution in [0.5, 0.6) is 0 Å². The molecule has 3 rings (SSSR count). The summed E-state index contributed by atoms with van der Waals surface area (Å²) in [6.45, 7) is 3.93. The Morgan fingerprint density at radius 3 is 2.62 bits per heavy atom. The first-order valence-corrected chi connectivity index (χ1v) is 10.1. The van der Waals surface area contributed by atoms with E-state index in [0.717, 1.165) is 11.1 Å². The van der Waals surface area contributed by atoms with Crippen LogP contribution in [0, 0.1) is 12.7 Å². The van der Waals surface area contributed by atoms with Gasteiger partial charge in [0.1, 0.15) is 10.8 Å². The number of nitrogens with one attached hydrogen (secondary N) is 1. The first kappa shape index (κ1) is 21.1. The zero-order valence-electron chi connectivity index (χ0n) is 15.9. The molecule has 1 heterocycles. The van der Waals surface area contributed by atoms with Gasteiger partial charge in [0.25, 0.3) is 5.56 Å². The van der Waals surface area contributed by atoms with Gasteiger partial charge in [-0.1, -0.05) is 41.6 Å². The summed E-state index contributed by atoms with van der Waals surface area (Å²) in [5.74, 6) is -0.502. The van der Waals surface area contributed by atoms with Gasteiger partial charge in [0, 0.05) is 17.6 Å². The minimum atomic E-state index is -0.435. The minimum absolute atomic E-state index is 0.183. The summed E-state index contributed by atoms with van der Waals surface area (Å²) < 4.78 is 14.2. The van der Waals surface area contributed by atoms with Gasteiger partial charge in [-0.2, -0.15) is 9.78 Å². The van der Waals surface area contributed by atoms with Crippen molar-refractivity contribution in [3.8, 4) is 5.69 Å². The van der Waals surface area contributed by atoms with Gasteiger partial charge in [-0.05, 0) is 55.3 Å². The Morgan fingerprint density at radius 2 is 1.93 bits per heavy atom. The number of hydrogen-bond donors (Lipinski definition) is 1. The molecular formula is C21H19ClFN3O2S. The largest absolute Gasteiger partial charge is 0.351 e. The summed E-state index contributed by atoms with van der Waals surface area (Å²) in [7, 11) is 0. The molecule has 3 aromatic rings. The fourth-order valence-electron chi connectivity index (χ4n) is 2.53. The Kier molecular flexibility index (Phi) is 6.71. The predicted molar refractivity (Wildman–Crippen MR) is 113 cm³/mol. The topological polar surface area (TPSA) is 64.0 Å². The van der Waals surface area contributed by atoms with Crippen molar-refractivity contribution in [2.75, 3.05) is 0 Å². The Morgan fingerprint density at radius 1 is 1.21 bits per heavy atom. The van der Waals surface area contributed by atoms with Gasteiger partial charge >= 0.3 is 0 Å². The lowest BCUT2D eigenvalue weighted by Crippen LogP contribution is -2.30. The van der Waals surface area contributed by atoms with Crippen LogP contribution in [-0.4, -0.2) is 20.9 Å². The van der Waals surface area contributed by atoms with Gasteiger partial charge in [0.15, 0.2) is 0 Å². The maximum absolute atomic E-state index is 13.0. The molecule has 29 heavy (non-hydrogen) atoms. The number of aryl methyl sites for hydroxylation is 1. The highest BCUT2D eigenvalue weighted by Gasteiger charge is 2.16. The highest BCUT2D eigenvalue weighted by atomic mass is 35.5. The lowest BCUT2D eigenvalue weighted by molar-refractivity contribution is -0.120. The molecule has 0 aliphatic rings. The van der Waals surface area contributed by atoms with E-state index in [1.165, 1.54) is 34.6 Å². The van der Waals surface area contributed by atoms with Crippen molar-refractivity contribution in [1.29, 1.82) is 0 Å². The van der Waals surface area contributed by atoms with Crippen LogP contribution in [0.3, 0.4) is 0 Å². The summed E-state index contributed by atoms with van der Waals surface area (Å²) in [4.78, 5) is 24.6. The van der Waals surface area contributed by atoms with E-state index in [-0.39, 0.29) is 17.3 Å². The van der Waals surface area contributed by atoms with Crippen LogP contribution in [0.1, 0.15) is 18.1 Å². The fourth-order valence-corrected chi connectivity index (χ4v) is 3.53. The molecule has 0 radical (unpaired) electrons. The minimum Gasteiger partial charge on any atom is -0.351 e. The van der Waals surface area contributed by atoms with Gasteiger partial charge in [0.2, 0.25) is 5.91 Å². The number of hydrogen-bond acceptors (Lipinski definition) is 4. The average Bonchev–Trinajstić information content (AvgIpc) is 2.71. The molecule has 0 saturated carbocycles. The van der Waals surface area contributed by atoms with E-state index in [9.17, 15) is 14.0 Å². The maximum atomic E-state index is 13.0. The quantitative estimate of drug-likeness (QED) is 0.596. The van der Waals surface area contributed by atoms with Gasteiger partial charge in [-0.15, -0.1) is 0 Å². The van der Waals surface area contributed by atoms with E-state index in [0.29, 0.717) is 22.3 Å². The Bertz CT molecular complexity index is 1090. The third-order valence-electron chi connectivity index (χ3n) is 4.22. The second-order valence-electron chi connectivity index (χ2n) is 6.46. The van der Waals surface area contributed by atoms with E-state index in [2.05, 4.69) is 10.4 Å². The van der Waals surface area contributed by atoms with Crippen LogP contribution in [-0.2, 0) is 11.3 Å². The molecule has 1 atom stereocenters. The molecule has 8 heteroatoms. The number of aromatic nitrogens is 2. The van der Waals surface area contributed by atoms with Gasteiger partial charge in [-0.25, -0.2) is 4.39 Å². The van der Waals surface area contributed by atoms with Gasteiger partial charge < -0.3 is 5.32 Å². The molecule has 2 aromatic carbocycles. The van der Waals surface area contributed by atoms with Crippen molar-refractivity contribution < 1.29 is 9.18 Å². The van der Waals surface area contributed by atoms with Crippen molar-refractivity contribution in [2.24, 2.45) is 0 Å². The molecule has 0 fully saturated rings. The lowest BCUT2D eigenvalue weighted by Gasteiger charge is -2.13. The summed E-state index contributed by atoms with van der Waals surface area (Å²) in [5.41, 5.74) is 1.98. The van der Waals surface area contributed by atoms with E-state index in [1.54, 1.807) is 37.3 Å². The number of carbonyl (C=O) groups excluding carboxylic acids is 1. The molecule has 150 valence electrons. The van der Waals surface area contributed by atoms with Crippen LogP contribution in [0.25, 0.3) is 5.69 Å². The summed E-state index contributed by atoms with van der Waals surface area (Å²) >= 11 is 7.39. The average molecular weight is 432 g/mol. The molecular weight excluding hydrogens is 413 g/mol. The smallest absolute Gasteiger partial charge is 0.271 e. The summed E-state index contributed by atoms with van der Waals surface area (Å²) in [6, 6.07) is 14.2. The van der Waals surface area contributed by atoms with Crippen molar-refractivity contribution in [1.82, 2.24) is 15.1 Å². The molecule has 5 nitrogen and oxygen atoms in total.